The van der Waals surface area contributed by atoms with E-state index in [9.17, 15) is 0 Å². The van der Waals surface area contributed by atoms with Crippen LogP contribution in [-0.4, -0.2) is 6.10 Å². The third kappa shape index (κ3) is 3.96. The van der Waals surface area contributed by atoms with Gasteiger partial charge in [-0.25, -0.2) is 0 Å². The topological polar surface area (TPSA) is 35.2 Å². The molecule has 2 N–H and O–H groups in total. The standard InChI is InChI=1S/C16H24BrNO/c1-3-12-5-4-6-14(9-12)19-16-8-7-13(17)10-15(16)11(2)18/h7-8,10-12,14H,3-6,9,18H2,1-2H3. The fourth-order valence-electron chi connectivity index (χ4n) is 2.88. The number of benzene rings is 1. The van der Waals surface area contributed by atoms with Crippen LogP contribution in [-0.2, 0) is 0 Å². The molecule has 0 spiro atoms. The Morgan fingerprint density at radius 1 is 1.42 bits per heavy atom. The predicted octanol–water partition coefficient (Wildman–Crippen LogP) is 4.82. The van der Waals surface area contributed by atoms with Crippen LogP contribution in [0, 0.1) is 5.92 Å². The first kappa shape index (κ1) is 14.9. The van der Waals surface area contributed by atoms with Crippen molar-refractivity contribution < 1.29 is 4.74 Å². The minimum atomic E-state index is -0.00179. The lowest BCUT2D eigenvalue weighted by Crippen LogP contribution is -2.26. The van der Waals surface area contributed by atoms with Gasteiger partial charge in [-0.2, -0.15) is 0 Å². The number of hydrogen-bond donors (Lipinski definition) is 1. The minimum Gasteiger partial charge on any atom is -0.490 e. The molecule has 0 amide bonds. The van der Waals surface area contributed by atoms with E-state index in [-0.39, 0.29) is 6.04 Å². The average molecular weight is 326 g/mol. The van der Waals surface area contributed by atoms with E-state index in [4.69, 9.17) is 10.5 Å². The summed E-state index contributed by atoms with van der Waals surface area (Å²) in [5.74, 6) is 1.79. The van der Waals surface area contributed by atoms with Crippen LogP contribution in [0.3, 0.4) is 0 Å². The van der Waals surface area contributed by atoms with Gasteiger partial charge in [-0.05, 0) is 50.3 Å². The van der Waals surface area contributed by atoms with Crippen LogP contribution < -0.4 is 10.5 Å². The molecule has 2 rings (SSSR count). The van der Waals surface area contributed by atoms with Crippen LogP contribution in [0.5, 0.6) is 5.75 Å². The SMILES string of the molecule is CCC1CCCC(Oc2ccc(Br)cc2C(C)N)C1. The van der Waals surface area contributed by atoms with Gasteiger partial charge in [0.2, 0.25) is 0 Å². The molecule has 19 heavy (non-hydrogen) atoms. The van der Waals surface area contributed by atoms with Crippen molar-refractivity contribution in [3.63, 3.8) is 0 Å². The maximum absolute atomic E-state index is 6.23. The lowest BCUT2D eigenvalue weighted by Gasteiger charge is -2.30. The number of rotatable bonds is 4. The molecule has 1 aliphatic rings. The molecule has 0 saturated heterocycles. The zero-order valence-electron chi connectivity index (χ0n) is 11.9. The molecular formula is C16H24BrNO. The second-order valence-corrected chi connectivity index (χ2v) is 6.57. The quantitative estimate of drug-likeness (QED) is 0.861. The molecule has 0 bridgehead atoms. The van der Waals surface area contributed by atoms with Crippen molar-refractivity contribution in [2.75, 3.05) is 0 Å². The van der Waals surface area contributed by atoms with Crippen LogP contribution in [0.25, 0.3) is 0 Å². The number of halogens is 1. The molecule has 3 atom stereocenters. The molecule has 1 aliphatic carbocycles. The number of nitrogens with two attached hydrogens (primary N) is 1. The van der Waals surface area contributed by atoms with Gasteiger partial charge >= 0.3 is 0 Å². The molecule has 0 aromatic heterocycles. The molecule has 3 unspecified atom stereocenters. The van der Waals surface area contributed by atoms with Gasteiger partial charge in [-0.3, -0.25) is 0 Å². The van der Waals surface area contributed by atoms with Crippen LogP contribution in [0.1, 0.15) is 57.6 Å². The first-order valence-corrected chi connectivity index (χ1v) is 8.11. The molecule has 1 aromatic carbocycles. The predicted molar refractivity (Wildman–Crippen MR) is 83.4 cm³/mol. The molecule has 2 nitrogen and oxygen atoms in total. The zero-order valence-corrected chi connectivity index (χ0v) is 13.4. The van der Waals surface area contributed by atoms with Crippen molar-refractivity contribution in [3.05, 3.63) is 28.2 Å². The average Bonchev–Trinajstić information content (AvgIpc) is 2.41. The third-order valence-corrected chi connectivity index (χ3v) is 4.56. The van der Waals surface area contributed by atoms with E-state index in [1.165, 1.54) is 32.1 Å². The first-order chi connectivity index (χ1) is 9.10. The van der Waals surface area contributed by atoms with Crippen molar-refractivity contribution in [1.82, 2.24) is 0 Å². The molecule has 106 valence electrons. The molecular weight excluding hydrogens is 302 g/mol. The van der Waals surface area contributed by atoms with E-state index in [1.54, 1.807) is 0 Å². The Morgan fingerprint density at radius 3 is 2.89 bits per heavy atom. The Labute approximate surface area is 124 Å². The van der Waals surface area contributed by atoms with E-state index in [0.29, 0.717) is 6.10 Å². The van der Waals surface area contributed by atoms with Gasteiger partial charge in [0, 0.05) is 16.1 Å². The van der Waals surface area contributed by atoms with Crippen molar-refractivity contribution in [2.45, 2.75) is 58.1 Å². The summed E-state index contributed by atoms with van der Waals surface area (Å²) < 4.78 is 7.29. The van der Waals surface area contributed by atoms with Crippen LogP contribution >= 0.6 is 15.9 Å². The van der Waals surface area contributed by atoms with Gasteiger partial charge in [-0.1, -0.05) is 35.7 Å². The highest BCUT2D eigenvalue weighted by Gasteiger charge is 2.23. The maximum Gasteiger partial charge on any atom is 0.124 e. The summed E-state index contributed by atoms with van der Waals surface area (Å²) in [5, 5.41) is 0. The molecule has 0 heterocycles. The van der Waals surface area contributed by atoms with E-state index in [2.05, 4.69) is 28.9 Å². The fraction of sp³-hybridized carbons (Fsp3) is 0.625. The summed E-state index contributed by atoms with van der Waals surface area (Å²) >= 11 is 3.50. The van der Waals surface area contributed by atoms with E-state index in [0.717, 1.165) is 21.7 Å². The second-order valence-electron chi connectivity index (χ2n) is 5.65. The summed E-state index contributed by atoms with van der Waals surface area (Å²) in [6.45, 7) is 4.28. The monoisotopic (exact) mass is 325 g/mol. The van der Waals surface area contributed by atoms with Gasteiger partial charge in [-0.15, -0.1) is 0 Å². The van der Waals surface area contributed by atoms with Crippen molar-refractivity contribution in [3.8, 4) is 5.75 Å². The van der Waals surface area contributed by atoms with Gasteiger partial charge in [0.1, 0.15) is 5.75 Å². The Hall–Kier alpha value is -0.540. The Bertz CT molecular complexity index is 419. The van der Waals surface area contributed by atoms with E-state index >= 15 is 0 Å². The Balaban J connectivity index is 2.10. The number of hydrogen-bond acceptors (Lipinski definition) is 2. The summed E-state index contributed by atoms with van der Waals surface area (Å²) in [7, 11) is 0. The smallest absolute Gasteiger partial charge is 0.124 e. The molecule has 0 radical (unpaired) electrons. The van der Waals surface area contributed by atoms with Crippen molar-refractivity contribution in [1.29, 1.82) is 0 Å². The van der Waals surface area contributed by atoms with Crippen molar-refractivity contribution >= 4 is 15.9 Å². The lowest BCUT2D eigenvalue weighted by molar-refractivity contribution is 0.120. The first-order valence-electron chi connectivity index (χ1n) is 7.31. The normalized spacial score (nSPS) is 25.1. The summed E-state index contributed by atoms with van der Waals surface area (Å²) in [6.07, 6.45) is 6.62. The van der Waals surface area contributed by atoms with Crippen LogP contribution in [0.15, 0.2) is 22.7 Å². The maximum atomic E-state index is 6.23. The molecule has 0 aliphatic heterocycles. The summed E-state index contributed by atoms with van der Waals surface area (Å²) in [5.41, 5.74) is 7.13. The molecule has 1 saturated carbocycles. The third-order valence-electron chi connectivity index (χ3n) is 4.07. The van der Waals surface area contributed by atoms with E-state index in [1.807, 2.05) is 19.1 Å². The minimum absolute atomic E-state index is 0.00179. The highest BCUT2D eigenvalue weighted by atomic mass is 79.9. The van der Waals surface area contributed by atoms with Gasteiger partial charge in [0.15, 0.2) is 0 Å². The Morgan fingerprint density at radius 2 is 2.21 bits per heavy atom. The van der Waals surface area contributed by atoms with Crippen LogP contribution in [0.2, 0.25) is 0 Å². The van der Waals surface area contributed by atoms with Gasteiger partial charge in [0.25, 0.3) is 0 Å². The summed E-state index contributed by atoms with van der Waals surface area (Å²) in [6, 6.07) is 6.14. The van der Waals surface area contributed by atoms with Gasteiger partial charge < -0.3 is 10.5 Å². The summed E-state index contributed by atoms with van der Waals surface area (Å²) in [4.78, 5) is 0. The molecule has 1 aromatic rings. The van der Waals surface area contributed by atoms with E-state index < -0.39 is 0 Å². The largest absolute Gasteiger partial charge is 0.490 e. The highest BCUT2D eigenvalue weighted by molar-refractivity contribution is 9.10. The van der Waals surface area contributed by atoms with Crippen LogP contribution in [0.4, 0.5) is 0 Å². The highest BCUT2D eigenvalue weighted by Crippen LogP contribution is 2.33. The number of ether oxygens (including phenoxy) is 1. The fourth-order valence-corrected chi connectivity index (χ4v) is 3.26. The lowest BCUT2D eigenvalue weighted by atomic mass is 9.85. The van der Waals surface area contributed by atoms with Gasteiger partial charge in [0.05, 0.1) is 6.10 Å². The molecule has 3 heteroatoms. The zero-order chi connectivity index (χ0) is 13.8. The Kier molecular flexibility index (Phi) is 5.28. The van der Waals surface area contributed by atoms with Crippen molar-refractivity contribution in [2.24, 2.45) is 11.7 Å². The molecule has 1 fully saturated rings. The second kappa shape index (κ2) is 6.76.